The highest BCUT2D eigenvalue weighted by Crippen LogP contribution is 2.60. The van der Waals surface area contributed by atoms with Crippen LogP contribution in [0.25, 0.3) is 27.6 Å². The second-order valence-electron chi connectivity index (χ2n) is 12.2. The molecule has 4 heteroatoms. The Morgan fingerprint density at radius 1 is 0.767 bits per heavy atom. The van der Waals surface area contributed by atoms with E-state index >= 15 is 0 Å². The zero-order valence-corrected chi connectivity index (χ0v) is 23.8. The van der Waals surface area contributed by atoms with Crippen molar-refractivity contribution >= 4 is 50.5 Å². The van der Waals surface area contributed by atoms with Gasteiger partial charge in [-0.25, -0.2) is 0 Å². The van der Waals surface area contributed by atoms with Gasteiger partial charge in [0.05, 0.1) is 17.1 Å². The van der Waals surface area contributed by atoms with Gasteiger partial charge in [-0.3, -0.25) is 4.79 Å². The summed E-state index contributed by atoms with van der Waals surface area (Å²) in [7, 11) is 0. The Labute approximate surface area is 249 Å². The fraction of sp³-hybridized carbons (Fsp3) is 0.103. The molecule has 2 heterocycles. The van der Waals surface area contributed by atoms with E-state index in [1.807, 2.05) is 60.7 Å². The number of ketones is 1. The number of anilines is 3. The Bertz CT molecular complexity index is 2240. The average Bonchev–Trinajstić information content (AvgIpc) is 3.25. The number of ether oxygens (including phenoxy) is 1. The summed E-state index contributed by atoms with van der Waals surface area (Å²) >= 11 is 0. The number of nitrogens with zero attached hydrogens (tertiary/aromatic N) is 1. The number of benzene rings is 6. The van der Waals surface area contributed by atoms with E-state index in [1.54, 1.807) is 0 Å². The monoisotopic (exact) mass is 557 g/mol. The number of Topliss-reactive ketones (excluding diaryl/α,β-unsaturated/α-hetero) is 1. The van der Waals surface area contributed by atoms with Crippen molar-refractivity contribution in [3.05, 3.63) is 143 Å². The van der Waals surface area contributed by atoms with Crippen LogP contribution >= 0.6 is 0 Å². The van der Waals surface area contributed by atoms with Gasteiger partial charge < -0.3 is 14.7 Å². The van der Waals surface area contributed by atoms with E-state index in [4.69, 9.17) is 4.74 Å². The molecule has 4 nitrogen and oxygen atoms in total. The van der Waals surface area contributed by atoms with Crippen LogP contribution in [0.3, 0.4) is 0 Å². The SMILES string of the molecule is CC1(C)c2cccc3c2N(c2ccccc2O3)c2ccc3cc(/C=C4\C(=O)c5cc6ccccc6cc5C4O)ccc3c21. The molecule has 1 unspecified atom stereocenters. The molecule has 1 N–H and O–H groups in total. The lowest BCUT2D eigenvalue weighted by Gasteiger charge is -2.45. The third-order valence-electron chi connectivity index (χ3n) is 9.45. The predicted octanol–water partition coefficient (Wildman–Crippen LogP) is 9.52. The number of aliphatic hydroxyl groups is 1. The maximum absolute atomic E-state index is 13.5. The van der Waals surface area contributed by atoms with Crippen molar-refractivity contribution in [1.29, 1.82) is 0 Å². The van der Waals surface area contributed by atoms with E-state index in [0.717, 1.165) is 55.7 Å². The molecular formula is C39H27NO3. The van der Waals surface area contributed by atoms with E-state index in [1.165, 1.54) is 11.1 Å². The first-order valence-corrected chi connectivity index (χ1v) is 14.6. The van der Waals surface area contributed by atoms with Gasteiger partial charge in [0, 0.05) is 16.6 Å². The van der Waals surface area contributed by atoms with Crippen molar-refractivity contribution in [3.63, 3.8) is 0 Å². The smallest absolute Gasteiger partial charge is 0.192 e. The average molecular weight is 558 g/mol. The number of rotatable bonds is 1. The van der Waals surface area contributed by atoms with Gasteiger partial charge in [0.2, 0.25) is 0 Å². The number of para-hydroxylation sites is 3. The summed E-state index contributed by atoms with van der Waals surface area (Å²) in [5.74, 6) is 1.59. The number of hydrogen-bond donors (Lipinski definition) is 1. The maximum Gasteiger partial charge on any atom is 0.192 e. The molecular weight excluding hydrogens is 530 g/mol. The summed E-state index contributed by atoms with van der Waals surface area (Å²) in [4.78, 5) is 15.8. The molecule has 6 aromatic rings. The van der Waals surface area contributed by atoms with Crippen LogP contribution in [0.1, 0.15) is 52.6 Å². The molecule has 2 aliphatic heterocycles. The lowest BCUT2D eigenvalue weighted by molar-refractivity contribution is 0.102. The molecule has 0 spiro atoms. The van der Waals surface area contributed by atoms with Crippen LogP contribution in [0, 0.1) is 0 Å². The number of hydrogen-bond acceptors (Lipinski definition) is 4. The van der Waals surface area contributed by atoms with Crippen molar-refractivity contribution in [2.45, 2.75) is 25.4 Å². The van der Waals surface area contributed by atoms with Crippen molar-refractivity contribution in [3.8, 4) is 11.5 Å². The third-order valence-corrected chi connectivity index (χ3v) is 9.45. The minimum absolute atomic E-state index is 0.113. The summed E-state index contributed by atoms with van der Waals surface area (Å²) in [5, 5.41) is 15.5. The molecule has 6 aromatic carbocycles. The minimum Gasteiger partial charge on any atom is -0.453 e. The van der Waals surface area contributed by atoms with Crippen molar-refractivity contribution in [2.75, 3.05) is 4.90 Å². The number of aliphatic hydroxyl groups excluding tert-OH is 1. The normalized spacial score (nSPS) is 18.3. The van der Waals surface area contributed by atoms with Gasteiger partial charge in [-0.15, -0.1) is 0 Å². The Hall–Kier alpha value is -5.19. The molecule has 43 heavy (non-hydrogen) atoms. The van der Waals surface area contributed by atoms with Crippen LogP contribution in [-0.4, -0.2) is 10.9 Å². The zero-order valence-electron chi connectivity index (χ0n) is 23.8. The van der Waals surface area contributed by atoms with E-state index in [-0.39, 0.29) is 11.2 Å². The molecule has 206 valence electrons. The molecule has 3 aliphatic rings. The third kappa shape index (κ3) is 3.27. The predicted molar refractivity (Wildman–Crippen MR) is 172 cm³/mol. The van der Waals surface area contributed by atoms with Gasteiger partial charge >= 0.3 is 0 Å². The number of carbonyl (C=O) groups is 1. The summed E-state index contributed by atoms with van der Waals surface area (Å²) in [6, 6.07) is 37.0. The van der Waals surface area contributed by atoms with Crippen LogP contribution < -0.4 is 9.64 Å². The van der Waals surface area contributed by atoms with E-state index in [2.05, 4.69) is 73.3 Å². The van der Waals surface area contributed by atoms with Gasteiger partial charge in [0.25, 0.3) is 0 Å². The van der Waals surface area contributed by atoms with Crippen LogP contribution in [-0.2, 0) is 5.41 Å². The Kier molecular flexibility index (Phi) is 4.79. The van der Waals surface area contributed by atoms with E-state index in [0.29, 0.717) is 16.7 Å². The molecule has 0 bridgehead atoms. The maximum atomic E-state index is 13.5. The summed E-state index contributed by atoms with van der Waals surface area (Å²) < 4.78 is 6.37. The van der Waals surface area contributed by atoms with Gasteiger partial charge in [0.1, 0.15) is 6.10 Å². The lowest BCUT2D eigenvalue weighted by Crippen LogP contribution is -2.32. The molecule has 9 rings (SSSR count). The van der Waals surface area contributed by atoms with Crippen molar-refractivity contribution in [2.24, 2.45) is 0 Å². The summed E-state index contributed by atoms with van der Waals surface area (Å²) in [6.45, 7) is 4.56. The largest absolute Gasteiger partial charge is 0.453 e. The lowest BCUT2D eigenvalue weighted by atomic mass is 9.71. The van der Waals surface area contributed by atoms with Crippen LogP contribution in [0.15, 0.2) is 115 Å². The van der Waals surface area contributed by atoms with Gasteiger partial charge in [-0.2, -0.15) is 0 Å². The summed E-state index contributed by atoms with van der Waals surface area (Å²) in [5.41, 5.74) is 8.01. The molecule has 0 saturated carbocycles. The van der Waals surface area contributed by atoms with Crippen LogP contribution in [0.2, 0.25) is 0 Å². The Morgan fingerprint density at radius 3 is 2.40 bits per heavy atom. The van der Waals surface area contributed by atoms with Crippen LogP contribution in [0.5, 0.6) is 11.5 Å². The zero-order chi connectivity index (χ0) is 29.0. The van der Waals surface area contributed by atoms with Crippen LogP contribution in [0.4, 0.5) is 17.1 Å². The first-order chi connectivity index (χ1) is 20.9. The molecule has 0 fully saturated rings. The highest BCUT2D eigenvalue weighted by molar-refractivity contribution is 6.18. The second-order valence-corrected chi connectivity index (χ2v) is 12.2. The highest BCUT2D eigenvalue weighted by atomic mass is 16.5. The van der Waals surface area contributed by atoms with Crippen molar-refractivity contribution < 1.29 is 14.6 Å². The van der Waals surface area contributed by atoms with E-state index in [9.17, 15) is 9.90 Å². The van der Waals surface area contributed by atoms with Crippen molar-refractivity contribution in [1.82, 2.24) is 0 Å². The van der Waals surface area contributed by atoms with Gasteiger partial charge in [-0.05, 0) is 92.3 Å². The van der Waals surface area contributed by atoms with E-state index < -0.39 is 6.10 Å². The first-order valence-electron chi connectivity index (χ1n) is 14.6. The highest BCUT2D eigenvalue weighted by Gasteiger charge is 2.42. The summed E-state index contributed by atoms with van der Waals surface area (Å²) in [6.07, 6.45) is 0.902. The van der Waals surface area contributed by atoms with Gasteiger partial charge in [-0.1, -0.05) is 80.6 Å². The second kappa shape index (κ2) is 8.43. The number of carbonyl (C=O) groups excluding carboxylic acids is 1. The number of fused-ring (bicyclic) bond motifs is 8. The standard InChI is InChI=1S/C39H27NO3/c1-39(2)30-10-7-13-34-36(30)40(31-11-5-6-12-33(31)43-34)32-17-15-25-18-22(14-16-26(25)35(32)39)19-29-37(41)27-20-23-8-3-4-9-24(23)21-28(27)38(29)42/h3-21,37,41H,1-2H3/b29-19-. The van der Waals surface area contributed by atoms with Gasteiger partial charge in [0.15, 0.2) is 17.3 Å². The molecule has 0 amide bonds. The molecule has 0 aromatic heterocycles. The molecule has 1 atom stereocenters. The molecule has 0 saturated heterocycles. The molecule has 0 radical (unpaired) electrons. The molecule has 1 aliphatic carbocycles. The minimum atomic E-state index is -0.947. The first kappa shape index (κ1) is 24.4. The Morgan fingerprint density at radius 2 is 1.53 bits per heavy atom. The fourth-order valence-electron chi connectivity index (χ4n) is 7.41. The Balaban J connectivity index is 1.19. The topological polar surface area (TPSA) is 49.8 Å². The fourth-order valence-corrected chi connectivity index (χ4v) is 7.41. The quantitative estimate of drug-likeness (QED) is 0.204.